The lowest BCUT2D eigenvalue weighted by Crippen LogP contribution is -2.25. The molecule has 0 spiro atoms. The third-order valence-electron chi connectivity index (χ3n) is 1.52. The molecule has 0 aliphatic carbocycles. The molecular weight excluding hydrogens is 156 g/mol. The summed E-state index contributed by atoms with van der Waals surface area (Å²) in [4.78, 5) is 14.7. The van der Waals surface area contributed by atoms with E-state index in [1.165, 1.54) is 19.4 Å². The van der Waals surface area contributed by atoms with Gasteiger partial charge in [-0.2, -0.15) is 0 Å². The second-order valence-electron chi connectivity index (χ2n) is 2.30. The third kappa shape index (κ3) is 1.79. The maximum atomic E-state index is 10.9. The Balaban J connectivity index is 2.78. The molecule has 1 atom stereocenters. The van der Waals surface area contributed by atoms with Gasteiger partial charge in [-0.05, 0) is 17.7 Å². The van der Waals surface area contributed by atoms with Crippen LogP contribution in [0.4, 0.5) is 0 Å². The number of carbonyl (C=O) groups is 1. The molecule has 1 aromatic heterocycles. The van der Waals surface area contributed by atoms with Crippen molar-refractivity contribution >= 4 is 5.91 Å². The van der Waals surface area contributed by atoms with Crippen LogP contribution in [-0.2, 0) is 4.79 Å². The van der Waals surface area contributed by atoms with E-state index < -0.39 is 12.0 Å². The minimum atomic E-state index is -1.10. The van der Waals surface area contributed by atoms with Gasteiger partial charge in [-0.25, -0.2) is 0 Å². The number of rotatable bonds is 2. The predicted molar refractivity (Wildman–Crippen MR) is 43.3 cm³/mol. The molecule has 0 bridgehead atoms. The van der Waals surface area contributed by atoms with Crippen molar-refractivity contribution in [1.82, 2.24) is 10.3 Å². The molecule has 2 N–H and O–H groups in total. The van der Waals surface area contributed by atoms with Crippen LogP contribution < -0.4 is 5.32 Å². The number of aliphatic hydroxyl groups excluding tert-OH is 1. The summed E-state index contributed by atoms with van der Waals surface area (Å²) < 4.78 is 0. The molecule has 1 unspecified atom stereocenters. The molecule has 4 heteroatoms. The molecule has 1 rings (SSSR count). The Morgan fingerprint density at radius 3 is 2.67 bits per heavy atom. The first kappa shape index (κ1) is 8.67. The monoisotopic (exact) mass is 166 g/mol. The number of aliphatic hydroxyl groups is 1. The number of nitrogens with zero attached hydrogens (tertiary/aromatic N) is 1. The van der Waals surface area contributed by atoms with E-state index in [4.69, 9.17) is 0 Å². The fraction of sp³-hybridized carbons (Fsp3) is 0.250. The van der Waals surface area contributed by atoms with Crippen LogP contribution >= 0.6 is 0 Å². The van der Waals surface area contributed by atoms with Gasteiger partial charge in [0.15, 0.2) is 6.10 Å². The van der Waals surface area contributed by atoms with E-state index >= 15 is 0 Å². The first-order valence-corrected chi connectivity index (χ1v) is 3.55. The fourth-order valence-corrected chi connectivity index (χ4v) is 0.834. The minimum absolute atomic E-state index is 0.416. The maximum Gasteiger partial charge on any atom is 0.253 e. The summed E-state index contributed by atoms with van der Waals surface area (Å²) in [6, 6.07) is 3.19. The maximum absolute atomic E-state index is 10.9. The lowest BCUT2D eigenvalue weighted by atomic mass is 10.1. The van der Waals surface area contributed by atoms with Gasteiger partial charge in [-0.3, -0.25) is 9.78 Å². The van der Waals surface area contributed by atoms with Crippen molar-refractivity contribution in [3.63, 3.8) is 0 Å². The Morgan fingerprint density at radius 2 is 2.17 bits per heavy atom. The highest BCUT2D eigenvalue weighted by atomic mass is 16.3. The van der Waals surface area contributed by atoms with Gasteiger partial charge < -0.3 is 10.4 Å². The van der Waals surface area contributed by atoms with Gasteiger partial charge >= 0.3 is 0 Å². The van der Waals surface area contributed by atoms with Gasteiger partial charge in [0.2, 0.25) is 0 Å². The van der Waals surface area contributed by atoms with E-state index in [2.05, 4.69) is 10.3 Å². The molecular formula is C8H10N2O2. The first-order chi connectivity index (χ1) is 5.75. The lowest BCUT2D eigenvalue weighted by molar-refractivity contribution is -0.129. The summed E-state index contributed by atoms with van der Waals surface area (Å²) in [7, 11) is 1.48. The van der Waals surface area contributed by atoms with Gasteiger partial charge in [0.1, 0.15) is 0 Å². The molecule has 1 amide bonds. The second-order valence-corrected chi connectivity index (χ2v) is 2.30. The molecule has 0 radical (unpaired) electrons. The van der Waals surface area contributed by atoms with Crippen LogP contribution in [0.25, 0.3) is 0 Å². The van der Waals surface area contributed by atoms with Gasteiger partial charge in [-0.1, -0.05) is 0 Å². The van der Waals surface area contributed by atoms with Crippen LogP contribution in [0.5, 0.6) is 0 Å². The van der Waals surface area contributed by atoms with E-state index in [1.54, 1.807) is 12.1 Å². The van der Waals surface area contributed by atoms with Crippen molar-refractivity contribution in [3.8, 4) is 0 Å². The Hall–Kier alpha value is -1.42. The molecule has 1 heterocycles. The predicted octanol–water partition coefficient (Wildman–Crippen LogP) is -0.139. The molecule has 0 fully saturated rings. The van der Waals surface area contributed by atoms with Crippen LogP contribution in [0.15, 0.2) is 24.5 Å². The van der Waals surface area contributed by atoms with E-state index in [-0.39, 0.29) is 0 Å². The lowest BCUT2D eigenvalue weighted by Gasteiger charge is -2.07. The fourth-order valence-electron chi connectivity index (χ4n) is 0.834. The smallest absolute Gasteiger partial charge is 0.253 e. The highest BCUT2D eigenvalue weighted by molar-refractivity contribution is 5.81. The standard InChI is InChI=1S/C8H10N2O2/c1-9-8(12)7(11)6-2-4-10-5-3-6/h2-5,7,11H,1H3,(H,9,12). The first-order valence-electron chi connectivity index (χ1n) is 3.55. The molecule has 0 aliphatic heterocycles. The van der Waals surface area contributed by atoms with Crippen molar-refractivity contribution in [3.05, 3.63) is 30.1 Å². The van der Waals surface area contributed by atoms with Crippen molar-refractivity contribution in [2.45, 2.75) is 6.10 Å². The highest BCUT2D eigenvalue weighted by Crippen LogP contribution is 2.09. The number of aromatic nitrogens is 1. The van der Waals surface area contributed by atoms with E-state index in [9.17, 15) is 9.90 Å². The average Bonchev–Trinajstić information content (AvgIpc) is 2.17. The van der Waals surface area contributed by atoms with E-state index in [0.29, 0.717) is 5.56 Å². The number of nitrogens with one attached hydrogen (secondary N) is 1. The van der Waals surface area contributed by atoms with Crippen molar-refractivity contribution in [1.29, 1.82) is 0 Å². The second kappa shape index (κ2) is 3.82. The third-order valence-corrected chi connectivity index (χ3v) is 1.52. The van der Waals surface area contributed by atoms with E-state index in [1.807, 2.05) is 0 Å². The molecule has 0 aromatic carbocycles. The quantitative estimate of drug-likeness (QED) is 0.642. The molecule has 0 saturated carbocycles. The number of pyridine rings is 1. The minimum Gasteiger partial charge on any atom is -0.378 e. The van der Waals surface area contributed by atoms with Crippen LogP contribution in [0.2, 0.25) is 0 Å². The van der Waals surface area contributed by atoms with Crippen molar-refractivity contribution in [2.24, 2.45) is 0 Å². The van der Waals surface area contributed by atoms with Crippen molar-refractivity contribution in [2.75, 3.05) is 7.05 Å². The summed E-state index contributed by atoms with van der Waals surface area (Å²) in [6.45, 7) is 0. The number of amides is 1. The Bertz CT molecular complexity index is 261. The summed E-state index contributed by atoms with van der Waals surface area (Å²) in [5.74, 6) is -0.416. The average molecular weight is 166 g/mol. The van der Waals surface area contributed by atoms with Crippen LogP contribution in [0.1, 0.15) is 11.7 Å². The Kier molecular flexibility index (Phi) is 2.76. The summed E-state index contributed by atoms with van der Waals surface area (Å²) >= 11 is 0. The van der Waals surface area contributed by atoms with Crippen LogP contribution in [0, 0.1) is 0 Å². The van der Waals surface area contributed by atoms with Gasteiger partial charge in [-0.15, -0.1) is 0 Å². The van der Waals surface area contributed by atoms with E-state index in [0.717, 1.165) is 0 Å². The molecule has 12 heavy (non-hydrogen) atoms. The zero-order valence-electron chi connectivity index (χ0n) is 6.69. The Labute approximate surface area is 70.3 Å². The highest BCUT2D eigenvalue weighted by Gasteiger charge is 2.14. The largest absolute Gasteiger partial charge is 0.378 e. The molecule has 0 saturated heterocycles. The summed E-state index contributed by atoms with van der Waals surface area (Å²) in [5, 5.41) is 11.7. The van der Waals surface area contributed by atoms with Crippen molar-refractivity contribution < 1.29 is 9.90 Å². The molecule has 0 aliphatic rings. The number of likely N-dealkylation sites (N-methyl/N-ethyl adjacent to an activating group) is 1. The molecule has 4 nitrogen and oxygen atoms in total. The molecule has 1 aromatic rings. The molecule has 64 valence electrons. The summed E-state index contributed by atoms with van der Waals surface area (Å²) in [5.41, 5.74) is 0.546. The van der Waals surface area contributed by atoms with Gasteiger partial charge in [0.25, 0.3) is 5.91 Å². The SMILES string of the molecule is CNC(=O)C(O)c1ccncc1. The number of carbonyl (C=O) groups excluding carboxylic acids is 1. The Morgan fingerprint density at radius 1 is 1.58 bits per heavy atom. The number of hydrogen-bond acceptors (Lipinski definition) is 3. The normalized spacial score (nSPS) is 12.2. The van der Waals surface area contributed by atoms with Crippen LogP contribution in [-0.4, -0.2) is 23.0 Å². The zero-order chi connectivity index (χ0) is 8.97. The van der Waals surface area contributed by atoms with Gasteiger partial charge in [0, 0.05) is 19.4 Å². The zero-order valence-corrected chi connectivity index (χ0v) is 6.69. The number of hydrogen-bond donors (Lipinski definition) is 2. The van der Waals surface area contributed by atoms with Crippen LogP contribution in [0.3, 0.4) is 0 Å². The summed E-state index contributed by atoms with van der Waals surface area (Å²) in [6.07, 6.45) is 1.96. The topological polar surface area (TPSA) is 62.2 Å². The van der Waals surface area contributed by atoms with Gasteiger partial charge in [0.05, 0.1) is 0 Å².